The first-order valence-corrected chi connectivity index (χ1v) is 6.17. The highest BCUT2D eigenvalue weighted by Gasteiger charge is 2.04. The molecule has 88 valence electrons. The van der Waals surface area contributed by atoms with Crippen molar-refractivity contribution in [2.45, 2.75) is 13.8 Å². The van der Waals surface area contributed by atoms with Crippen LogP contribution in [-0.4, -0.2) is 9.97 Å². The molecule has 0 radical (unpaired) electrons. The number of nitrogens with zero attached hydrogens (tertiary/aromatic N) is 2. The Hall–Kier alpha value is -1.13. The maximum atomic E-state index is 5.95. The van der Waals surface area contributed by atoms with Gasteiger partial charge in [0.05, 0.1) is 0 Å². The molecule has 0 aliphatic rings. The number of rotatable bonds is 2. The summed E-state index contributed by atoms with van der Waals surface area (Å²) in [5.41, 5.74) is 0.967. The number of hydrogen-bond acceptors (Lipinski definition) is 3. The SMILES string of the molecule is Cc1nc(Br)cc(Oc2ccc(Cl)c(C)c2)n1. The molecule has 0 aliphatic heterocycles. The fourth-order valence-electron chi connectivity index (χ4n) is 1.36. The minimum absolute atomic E-state index is 0.506. The molecule has 0 fully saturated rings. The van der Waals surface area contributed by atoms with Gasteiger partial charge in [0.15, 0.2) is 0 Å². The van der Waals surface area contributed by atoms with Gasteiger partial charge in [-0.3, -0.25) is 0 Å². The van der Waals surface area contributed by atoms with Crippen LogP contribution >= 0.6 is 27.5 Å². The summed E-state index contributed by atoms with van der Waals surface area (Å²) in [6.45, 7) is 3.74. The Kier molecular flexibility index (Phi) is 3.64. The van der Waals surface area contributed by atoms with Crippen LogP contribution in [0, 0.1) is 13.8 Å². The molecule has 1 heterocycles. The third-order valence-electron chi connectivity index (χ3n) is 2.14. The lowest BCUT2D eigenvalue weighted by molar-refractivity contribution is 0.459. The van der Waals surface area contributed by atoms with Gasteiger partial charge < -0.3 is 4.74 Å². The van der Waals surface area contributed by atoms with Gasteiger partial charge in [0.2, 0.25) is 5.88 Å². The van der Waals surface area contributed by atoms with Crippen molar-refractivity contribution in [1.29, 1.82) is 0 Å². The smallest absolute Gasteiger partial charge is 0.223 e. The van der Waals surface area contributed by atoms with E-state index >= 15 is 0 Å². The van der Waals surface area contributed by atoms with Crippen LogP contribution in [0.15, 0.2) is 28.9 Å². The molecule has 1 aromatic heterocycles. The first-order chi connectivity index (χ1) is 8.04. The molecule has 0 bridgehead atoms. The summed E-state index contributed by atoms with van der Waals surface area (Å²) in [7, 11) is 0. The summed E-state index contributed by atoms with van der Waals surface area (Å²) in [6, 6.07) is 7.20. The predicted molar refractivity (Wildman–Crippen MR) is 70.7 cm³/mol. The fraction of sp³-hybridized carbons (Fsp3) is 0.167. The van der Waals surface area contributed by atoms with Crippen molar-refractivity contribution < 1.29 is 4.74 Å². The summed E-state index contributed by atoms with van der Waals surface area (Å²) in [4.78, 5) is 8.30. The molecule has 2 aromatic rings. The lowest BCUT2D eigenvalue weighted by Crippen LogP contribution is -1.93. The summed E-state index contributed by atoms with van der Waals surface area (Å²) in [6.07, 6.45) is 0. The topological polar surface area (TPSA) is 35.0 Å². The molecule has 0 atom stereocenters. The van der Waals surface area contributed by atoms with Crippen molar-refractivity contribution in [1.82, 2.24) is 9.97 Å². The largest absolute Gasteiger partial charge is 0.439 e. The Morgan fingerprint density at radius 3 is 2.59 bits per heavy atom. The van der Waals surface area contributed by atoms with E-state index in [1.54, 1.807) is 18.2 Å². The monoisotopic (exact) mass is 312 g/mol. The van der Waals surface area contributed by atoms with Crippen LogP contribution in [0.25, 0.3) is 0 Å². The van der Waals surface area contributed by atoms with Gasteiger partial charge in [0.25, 0.3) is 0 Å². The van der Waals surface area contributed by atoms with Crippen LogP contribution in [0.4, 0.5) is 0 Å². The van der Waals surface area contributed by atoms with Crippen LogP contribution in [0.2, 0.25) is 5.02 Å². The third kappa shape index (κ3) is 3.17. The van der Waals surface area contributed by atoms with E-state index in [1.165, 1.54) is 0 Å². The van der Waals surface area contributed by atoms with Gasteiger partial charge >= 0.3 is 0 Å². The van der Waals surface area contributed by atoms with E-state index in [-0.39, 0.29) is 0 Å². The van der Waals surface area contributed by atoms with Crippen molar-refractivity contribution in [3.63, 3.8) is 0 Å². The van der Waals surface area contributed by atoms with Gasteiger partial charge in [-0.15, -0.1) is 0 Å². The molecule has 17 heavy (non-hydrogen) atoms. The molecule has 0 N–H and O–H groups in total. The van der Waals surface area contributed by atoms with E-state index in [2.05, 4.69) is 25.9 Å². The Morgan fingerprint density at radius 1 is 1.18 bits per heavy atom. The summed E-state index contributed by atoms with van der Waals surface area (Å²) in [5.74, 6) is 1.86. The number of ether oxygens (including phenoxy) is 1. The van der Waals surface area contributed by atoms with Gasteiger partial charge in [0.1, 0.15) is 16.2 Å². The Balaban J connectivity index is 2.28. The zero-order valence-electron chi connectivity index (χ0n) is 9.37. The first kappa shape index (κ1) is 12.3. The van der Waals surface area contributed by atoms with Gasteiger partial charge in [-0.25, -0.2) is 4.98 Å². The molecule has 5 heteroatoms. The highest BCUT2D eigenvalue weighted by atomic mass is 79.9. The van der Waals surface area contributed by atoms with E-state index in [4.69, 9.17) is 16.3 Å². The summed E-state index contributed by atoms with van der Waals surface area (Å²) in [5, 5.41) is 0.720. The lowest BCUT2D eigenvalue weighted by atomic mass is 10.2. The van der Waals surface area contributed by atoms with Crippen LogP contribution in [0.3, 0.4) is 0 Å². The number of aromatic nitrogens is 2. The Morgan fingerprint density at radius 2 is 1.94 bits per heavy atom. The van der Waals surface area contributed by atoms with Crippen molar-refractivity contribution in [2.24, 2.45) is 0 Å². The van der Waals surface area contributed by atoms with E-state index < -0.39 is 0 Å². The van der Waals surface area contributed by atoms with Gasteiger partial charge in [-0.1, -0.05) is 11.6 Å². The number of benzene rings is 1. The molecule has 0 amide bonds. The van der Waals surface area contributed by atoms with E-state index in [0.717, 1.165) is 10.6 Å². The van der Waals surface area contributed by atoms with Crippen molar-refractivity contribution in [3.8, 4) is 11.6 Å². The predicted octanol–water partition coefficient (Wildman–Crippen LogP) is 4.30. The highest BCUT2D eigenvalue weighted by molar-refractivity contribution is 9.10. The van der Waals surface area contributed by atoms with Crippen LogP contribution in [-0.2, 0) is 0 Å². The third-order valence-corrected chi connectivity index (χ3v) is 2.97. The van der Waals surface area contributed by atoms with Crippen LogP contribution in [0.5, 0.6) is 11.6 Å². The van der Waals surface area contributed by atoms with Crippen LogP contribution in [0.1, 0.15) is 11.4 Å². The number of aryl methyl sites for hydroxylation is 2. The van der Waals surface area contributed by atoms with Crippen molar-refractivity contribution >= 4 is 27.5 Å². The molecular formula is C12H10BrClN2O. The van der Waals surface area contributed by atoms with Gasteiger partial charge in [0, 0.05) is 11.1 Å². The van der Waals surface area contributed by atoms with E-state index in [9.17, 15) is 0 Å². The van der Waals surface area contributed by atoms with E-state index in [1.807, 2.05) is 19.9 Å². The molecule has 0 saturated heterocycles. The van der Waals surface area contributed by atoms with Crippen molar-refractivity contribution in [2.75, 3.05) is 0 Å². The second kappa shape index (κ2) is 5.02. The van der Waals surface area contributed by atoms with Crippen LogP contribution < -0.4 is 4.74 Å². The zero-order valence-corrected chi connectivity index (χ0v) is 11.7. The minimum atomic E-state index is 0.506. The van der Waals surface area contributed by atoms with Gasteiger partial charge in [-0.05, 0) is 53.5 Å². The molecule has 1 aromatic carbocycles. The molecule has 3 nitrogen and oxygen atoms in total. The molecule has 0 saturated carbocycles. The standard InChI is InChI=1S/C12H10BrClN2O/c1-7-5-9(3-4-10(7)14)17-12-6-11(13)15-8(2)16-12/h3-6H,1-2H3. The molecule has 0 unspecified atom stereocenters. The van der Waals surface area contributed by atoms with Crippen molar-refractivity contribution in [3.05, 3.63) is 45.3 Å². The Labute approximate surface area is 113 Å². The fourth-order valence-corrected chi connectivity index (χ4v) is 1.93. The van der Waals surface area contributed by atoms with E-state index in [0.29, 0.717) is 22.1 Å². The quantitative estimate of drug-likeness (QED) is 0.775. The second-order valence-corrected chi connectivity index (χ2v) is 4.81. The normalized spacial score (nSPS) is 10.4. The minimum Gasteiger partial charge on any atom is -0.439 e. The molecule has 0 aliphatic carbocycles. The first-order valence-electron chi connectivity index (χ1n) is 5.00. The second-order valence-electron chi connectivity index (χ2n) is 3.59. The molecule has 0 spiro atoms. The Bertz CT molecular complexity index is 540. The maximum absolute atomic E-state index is 5.95. The maximum Gasteiger partial charge on any atom is 0.223 e. The highest BCUT2D eigenvalue weighted by Crippen LogP contribution is 2.25. The summed E-state index contributed by atoms with van der Waals surface area (Å²) < 4.78 is 6.34. The number of halogens is 2. The zero-order chi connectivity index (χ0) is 12.4. The lowest BCUT2D eigenvalue weighted by Gasteiger charge is -2.07. The molecular weight excluding hydrogens is 304 g/mol. The molecule has 2 rings (SSSR count). The summed E-state index contributed by atoms with van der Waals surface area (Å²) >= 11 is 9.25. The average Bonchev–Trinajstić information content (AvgIpc) is 2.22. The van der Waals surface area contributed by atoms with Gasteiger partial charge in [-0.2, -0.15) is 4.98 Å². The average molecular weight is 314 g/mol. The number of hydrogen-bond donors (Lipinski definition) is 0.